The summed E-state index contributed by atoms with van der Waals surface area (Å²) >= 11 is 0. The van der Waals surface area contributed by atoms with Crippen LogP contribution in [0.3, 0.4) is 0 Å². The third-order valence-electron chi connectivity index (χ3n) is 5.42. The summed E-state index contributed by atoms with van der Waals surface area (Å²) in [6.45, 7) is 1.12. The van der Waals surface area contributed by atoms with Gasteiger partial charge in [-0.15, -0.1) is 0 Å². The zero-order valence-corrected chi connectivity index (χ0v) is 16.9. The molecule has 0 unspecified atom stereocenters. The molecule has 5 nitrogen and oxygen atoms in total. The maximum atomic E-state index is 14.7. The number of hydrogen-bond donors (Lipinski definition) is 0. The number of ether oxygens (including phenoxy) is 1. The van der Waals surface area contributed by atoms with Crippen molar-refractivity contribution in [1.82, 2.24) is 9.80 Å². The second-order valence-electron chi connectivity index (χ2n) is 7.37. The smallest absolute Gasteiger partial charge is 0.228 e. The molecule has 1 aliphatic rings. The van der Waals surface area contributed by atoms with Crippen molar-refractivity contribution in [3.8, 4) is 0 Å². The minimum atomic E-state index is -0.640. The van der Waals surface area contributed by atoms with E-state index >= 15 is 0 Å². The van der Waals surface area contributed by atoms with Crippen LogP contribution >= 0.6 is 0 Å². The van der Waals surface area contributed by atoms with E-state index < -0.39 is 17.8 Å². The highest BCUT2D eigenvalue weighted by atomic mass is 19.1. The molecular formula is C23H27FN2O3. The van der Waals surface area contributed by atoms with Crippen LogP contribution in [0.25, 0.3) is 0 Å². The second-order valence-corrected chi connectivity index (χ2v) is 7.37. The molecule has 0 aliphatic carbocycles. The predicted molar refractivity (Wildman–Crippen MR) is 108 cm³/mol. The van der Waals surface area contributed by atoms with Crippen molar-refractivity contribution in [2.75, 3.05) is 27.3 Å². The third-order valence-corrected chi connectivity index (χ3v) is 5.42. The number of amides is 2. The second kappa shape index (κ2) is 9.65. The Morgan fingerprint density at radius 3 is 2.55 bits per heavy atom. The van der Waals surface area contributed by atoms with Gasteiger partial charge in [-0.1, -0.05) is 48.5 Å². The molecule has 2 aromatic rings. The maximum absolute atomic E-state index is 14.7. The summed E-state index contributed by atoms with van der Waals surface area (Å²) in [6.07, 6.45) is 0.670. The van der Waals surface area contributed by atoms with Gasteiger partial charge in [0.25, 0.3) is 0 Å². The van der Waals surface area contributed by atoms with E-state index in [1.807, 2.05) is 30.3 Å². The minimum absolute atomic E-state index is 0.0786. The summed E-state index contributed by atoms with van der Waals surface area (Å²) in [4.78, 5) is 29.3. The molecular weight excluding hydrogens is 371 g/mol. The van der Waals surface area contributed by atoms with E-state index in [0.717, 1.165) is 5.56 Å². The van der Waals surface area contributed by atoms with Gasteiger partial charge in [-0.3, -0.25) is 9.59 Å². The van der Waals surface area contributed by atoms with Crippen LogP contribution in [-0.4, -0.2) is 48.9 Å². The predicted octanol–water partition coefficient (Wildman–Crippen LogP) is 3.41. The first-order chi connectivity index (χ1) is 14.0. The zero-order chi connectivity index (χ0) is 20.8. The largest absolute Gasteiger partial charge is 0.383 e. The SMILES string of the molecule is COCCN1C(=O)CC[C@@H](C(=O)N(C)Cc2ccccc2)[C@@H]1c1ccccc1F. The Kier molecular flexibility index (Phi) is 6.99. The van der Waals surface area contributed by atoms with Crippen molar-refractivity contribution < 1.29 is 18.7 Å². The quantitative estimate of drug-likeness (QED) is 0.718. The fourth-order valence-corrected chi connectivity index (χ4v) is 3.98. The number of piperidine rings is 1. The monoisotopic (exact) mass is 398 g/mol. The van der Waals surface area contributed by atoms with Crippen molar-refractivity contribution in [2.24, 2.45) is 5.92 Å². The van der Waals surface area contributed by atoms with Crippen LogP contribution in [0.5, 0.6) is 0 Å². The number of rotatable bonds is 7. The number of halogens is 1. The summed E-state index contributed by atoms with van der Waals surface area (Å²) in [6, 6.07) is 15.5. The van der Waals surface area contributed by atoms with Gasteiger partial charge in [-0.05, 0) is 18.1 Å². The van der Waals surface area contributed by atoms with Gasteiger partial charge in [0.15, 0.2) is 0 Å². The molecule has 0 aromatic heterocycles. The first-order valence-corrected chi connectivity index (χ1v) is 9.84. The summed E-state index contributed by atoms with van der Waals surface area (Å²) in [5.74, 6) is -1.07. The zero-order valence-electron chi connectivity index (χ0n) is 16.9. The van der Waals surface area contributed by atoms with Gasteiger partial charge in [0.05, 0.1) is 18.6 Å². The molecule has 1 heterocycles. The lowest BCUT2D eigenvalue weighted by molar-refractivity contribution is -0.148. The fourth-order valence-electron chi connectivity index (χ4n) is 3.98. The highest BCUT2D eigenvalue weighted by Gasteiger charge is 2.42. The normalized spacial score (nSPS) is 19.3. The average molecular weight is 398 g/mol. The van der Waals surface area contributed by atoms with E-state index in [1.165, 1.54) is 6.07 Å². The van der Waals surface area contributed by atoms with Crippen molar-refractivity contribution >= 4 is 11.8 Å². The van der Waals surface area contributed by atoms with Gasteiger partial charge in [0.1, 0.15) is 5.82 Å². The molecule has 0 saturated carbocycles. The van der Waals surface area contributed by atoms with Crippen molar-refractivity contribution in [3.63, 3.8) is 0 Å². The van der Waals surface area contributed by atoms with E-state index in [4.69, 9.17) is 4.74 Å². The Morgan fingerprint density at radius 1 is 1.17 bits per heavy atom. The molecule has 0 radical (unpaired) electrons. The highest BCUT2D eigenvalue weighted by Crippen LogP contribution is 2.38. The van der Waals surface area contributed by atoms with E-state index in [1.54, 1.807) is 42.2 Å². The molecule has 1 fully saturated rings. The number of carbonyl (C=O) groups excluding carboxylic acids is 2. The molecule has 1 saturated heterocycles. The van der Waals surface area contributed by atoms with Crippen LogP contribution in [0.2, 0.25) is 0 Å². The number of likely N-dealkylation sites (tertiary alicyclic amines) is 1. The molecule has 154 valence electrons. The maximum Gasteiger partial charge on any atom is 0.228 e. The van der Waals surface area contributed by atoms with Gasteiger partial charge in [0.2, 0.25) is 11.8 Å². The van der Waals surface area contributed by atoms with Gasteiger partial charge < -0.3 is 14.5 Å². The van der Waals surface area contributed by atoms with Crippen LogP contribution < -0.4 is 0 Å². The molecule has 2 amide bonds. The Bertz CT molecular complexity index is 843. The lowest BCUT2D eigenvalue weighted by Crippen LogP contribution is -2.49. The Morgan fingerprint density at radius 2 is 1.86 bits per heavy atom. The molecule has 6 heteroatoms. The molecule has 2 aromatic carbocycles. The molecule has 0 spiro atoms. The molecule has 29 heavy (non-hydrogen) atoms. The van der Waals surface area contributed by atoms with Gasteiger partial charge in [-0.2, -0.15) is 0 Å². The first-order valence-electron chi connectivity index (χ1n) is 9.84. The summed E-state index contributed by atoms with van der Waals surface area (Å²) in [5.41, 5.74) is 1.40. The standard InChI is InChI=1S/C23H27FN2O3/c1-25(16-17-8-4-3-5-9-17)23(28)19-12-13-21(27)26(14-15-29-2)22(19)18-10-6-7-11-20(18)24/h3-11,19,22H,12-16H2,1-2H3/t19-,22+/m1/s1. The Balaban J connectivity index is 1.90. The third kappa shape index (κ3) is 4.82. The Hall–Kier alpha value is -2.73. The molecule has 0 bridgehead atoms. The lowest BCUT2D eigenvalue weighted by atomic mass is 9.83. The Labute approximate surface area is 171 Å². The van der Waals surface area contributed by atoms with Gasteiger partial charge in [0, 0.05) is 39.2 Å². The van der Waals surface area contributed by atoms with Crippen LogP contribution in [0.4, 0.5) is 4.39 Å². The molecule has 2 atom stereocenters. The van der Waals surface area contributed by atoms with E-state index in [9.17, 15) is 14.0 Å². The molecule has 1 aliphatic heterocycles. The molecule has 0 N–H and O–H groups in total. The van der Waals surface area contributed by atoms with E-state index in [-0.39, 0.29) is 18.2 Å². The lowest BCUT2D eigenvalue weighted by Gasteiger charge is -2.42. The number of hydrogen-bond acceptors (Lipinski definition) is 3. The number of benzene rings is 2. The number of nitrogens with zero attached hydrogens (tertiary/aromatic N) is 2. The van der Waals surface area contributed by atoms with Crippen LogP contribution in [0, 0.1) is 11.7 Å². The van der Waals surface area contributed by atoms with Crippen molar-refractivity contribution in [1.29, 1.82) is 0 Å². The summed E-state index contributed by atoms with van der Waals surface area (Å²) in [7, 11) is 3.31. The van der Waals surface area contributed by atoms with Crippen LogP contribution in [-0.2, 0) is 20.9 Å². The van der Waals surface area contributed by atoms with Crippen LogP contribution in [0.1, 0.15) is 30.0 Å². The summed E-state index contributed by atoms with van der Waals surface area (Å²) in [5, 5.41) is 0. The fraction of sp³-hybridized carbons (Fsp3) is 0.391. The van der Waals surface area contributed by atoms with E-state index in [2.05, 4.69) is 0 Å². The van der Waals surface area contributed by atoms with Gasteiger partial charge >= 0.3 is 0 Å². The van der Waals surface area contributed by atoms with Crippen molar-refractivity contribution in [2.45, 2.75) is 25.4 Å². The molecule has 3 rings (SSSR count). The topological polar surface area (TPSA) is 49.9 Å². The van der Waals surface area contributed by atoms with Crippen molar-refractivity contribution in [3.05, 3.63) is 71.5 Å². The number of methoxy groups -OCH3 is 1. The highest BCUT2D eigenvalue weighted by molar-refractivity contribution is 5.85. The summed E-state index contributed by atoms with van der Waals surface area (Å²) < 4.78 is 19.8. The minimum Gasteiger partial charge on any atom is -0.383 e. The van der Waals surface area contributed by atoms with Gasteiger partial charge in [-0.25, -0.2) is 4.39 Å². The number of carbonyl (C=O) groups is 2. The van der Waals surface area contributed by atoms with E-state index in [0.29, 0.717) is 31.7 Å². The first kappa shape index (κ1) is 21.0. The van der Waals surface area contributed by atoms with Crippen LogP contribution in [0.15, 0.2) is 54.6 Å². The average Bonchev–Trinajstić information content (AvgIpc) is 2.73.